The molecule has 1 heterocycles. The van der Waals surface area contributed by atoms with E-state index in [2.05, 4.69) is 5.32 Å². The van der Waals surface area contributed by atoms with Gasteiger partial charge in [0.05, 0.1) is 18.5 Å². The first-order valence-electron chi connectivity index (χ1n) is 4.85. The number of nitrogens with one attached hydrogen (secondary N) is 1. The van der Waals surface area contributed by atoms with Gasteiger partial charge in [-0.25, -0.2) is 0 Å². The molecule has 0 bridgehead atoms. The van der Waals surface area contributed by atoms with E-state index in [4.69, 9.17) is 9.84 Å². The lowest BCUT2D eigenvalue weighted by Crippen LogP contribution is -2.29. The number of ether oxygens (including phenoxy) is 1. The number of rotatable bonds is 5. The van der Waals surface area contributed by atoms with Crippen LogP contribution >= 0.6 is 11.8 Å². The molecule has 2 N–H and O–H groups in total. The molecule has 14 heavy (non-hydrogen) atoms. The van der Waals surface area contributed by atoms with Crippen LogP contribution in [0.1, 0.15) is 13.3 Å². The van der Waals surface area contributed by atoms with Gasteiger partial charge in [-0.15, -0.1) is 11.8 Å². The molecule has 1 aliphatic heterocycles. The van der Waals surface area contributed by atoms with Crippen LogP contribution in [0.15, 0.2) is 0 Å². The molecule has 2 unspecified atom stereocenters. The Morgan fingerprint density at radius 3 is 3.07 bits per heavy atom. The van der Waals surface area contributed by atoms with E-state index in [1.54, 1.807) is 11.8 Å². The monoisotopic (exact) mass is 219 g/mol. The second-order valence-electron chi connectivity index (χ2n) is 3.29. The lowest BCUT2D eigenvalue weighted by molar-refractivity contribution is -0.118. The van der Waals surface area contributed by atoms with Crippen molar-refractivity contribution >= 4 is 17.7 Å². The van der Waals surface area contributed by atoms with Gasteiger partial charge in [-0.2, -0.15) is 0 Å². The van der Waals surface area contributed by atoms with Crippen molar-refractivity contribution in [1.82, 2.24) is 5.32 Å². The normalized spacial score (nSPS) is 26.4. The summed E-state index contributed by atoms with van der Waals surface area (Å²) in [4.78, 5) is 11.2. The second-order valence-corrected chi connectivity index (χ2v) is 4.52. The number of carbonyl (C=O) groups is 1. The van der Waals surface area contributed by atoms with Crippen molar-refractivity contribution in [3.63, 3.8) is 0 Å². The van der Waals surface area contributed by atoms with Crippen molar-refractivity contribution in [2.24, 2.45) is 0 Å². The van der Waals surface area contributed by atoms with Crippen LogP contribution in [0.3, 0.4) is 0 Å². The van der Waals surface area contributed by atoms with Crippen molar-refractivity contribution in [3.05, 3.63) is 0 Å². The summed E-state index contributed by atoms with van der Waals surface area (Å²) in [6.07, 6.45) is 1.28. The summed E-state index contributed by atoms with van der Waals surface area (Å²) >= 11 is 1.63. The molecule has 1 rings (SSSR count). The van der Waals surface area contributed by atoms with Gasteiger partial charge in [-0.05, 0) is 13.3 Å². The van der Waals surface area contributed by atoms with Crippen LogP contribution in [-0.4, -0.2) is 47.9 Å². The van der Waals surface area contributed by atoms with Crippen molar-refractivity contribution in [2.75, 3.05) is 25.5 Å². The van der Waals surface area contributed by atoms with E-state index in [-0.39, 0.29) is 18.6 Å². The van der Waals surface area contributed by atoms with Gasteiger partial charge >= 0.3 is 0 Å². The molecular formula is C9H17NO3S. The zero-order valence-corrected chi connectivity index (χ0v) is 9.18. The van der Waals surface area contributed by atoms with Gasteiger partial charge in [0.25, 0.3) is 0 Å². The number of carbonyl (C=O) groups excluding carboxylic acids is 1. The number of hydrogen-bond donors (Lipinski definition) is 2. The summed E-state index contributed by atoms with van der Waals surface area (Å²) in [7, 11) is 0. The van der Waals surface area contributed by atoms with Gasteiger partial charge in [0, 0.05) is 18.4 Å². The molecule has 1 saturated heterocycles. The van der Waals surface area contributed by atoms with Crippen LogP contribution in [0.2, 0.25) is 0 Å². The van der Waals surface area contributed by atoms with Gasteiger partial charge in [0.15, 0.2) is 0 Å². The lowest BCUT2D eigenvalue weighted by atomic mass is 10.3. The molecular weight excluding hydrogens is 202 g/mol. The maximum Gasteiger partial charge on any atom is 0.230 e. The average Bonchev–Trinajstić information content (AvgIpc) is 2.58. The first-order valence-corrected chi connectivity index (χ1v) is 5.89. The largest absolute Gasteiger partial charge is 0.395 e. The summed E-state index contributed by atoms with van der Waals surface area (Å²) in [5.74, 6) is 0.446. The Labute approximate surface area is 88.4 Å². The minimum absolute atomic E-state index is 0.000646. The molecule has 0 aromatic heterocycles. The first kappa shape index (κ1) is 11.8. The van der Waals surface area contributed by atoms with Crippen LogP contribution in [0, 0.1) is 0 Å². The molecule has 1 fully saturated rings. The highest BCUT2D eigenvalue weighted by atomic mass is 32.2. The van der Waals surface area contributed by atoms with Crippen LogP contribution in [0.25, 0.3) is 0 Å². The fourth-order valence-electron chi connectivity index (χ4n) is 1.36. The molecule has 0 spiro atoms. The highest BCUT2D eigenvalue weighted by molar-refractivity contribution is 8.00. The number of aliphatic hydroxyl groups is 1. The third-order valence-corrected chi connectivity index (χ3v) is 3.65. The number of thioether (sulfide) groups is 1. The Kier molecular flexibility index (Phi) is 5.29. The highest BCUT2D eigenvalue weighted by Gasteiger charge is 2.24. The van der Waals surface area contributed by atoms with Crippen molar-refractivity contribution in [1.29, 1.82) is 0 Å². The SMILES string of the molecule is CC1OCCC1SCC(=O)NCCO. The zero-order valence-electron chi connectivity index (χ0n) is 8.36. The summed E-state index contributed by atoms with van der Waals surface area (Å²) in [6.45, 7) is 3.18. The smallest absolute Gasteiger partial charge is 0.230 e. The quantitative estimate of drug-likeness (QED) is 0.683. The standard InChI is InChI=1S/C9H17NO3S/c1-7-8(2-5-13-7)14-6-9(12)10-3-4-11/h7-8,11H,2-6H2,1H3,(H,10,12). The number of hydrogen-bond acceptors (Lipinski definition) is 4. The van der Waals surface area contributed by atoms with E-state index in [1.165, 1.54) is 0 Å². The summed E-state index contributed by atoms with van der Waals surface area (Å²) in [5.41, 5.74) is 0. The van der Waals surface area contributed by atoms with Gasteiger partial charge in [0.1, 0.15) is 0 Å². The Hall–Kier alpha value is -0.260. The zero-order chi connectivity index (χ0) is 10.4. The molecule has 0 aromatic rings. The van der Waals surface area contributed by atoms with Crippen molar-refractivity contribution in [3.8, 4) is 0 Å². The molecule has 5 heteroatoms. The molecule has 0 radical (unpaired) electrons. The molecule has 0 saturated carbocycles. The Balaban J connectivity index is 2.10. The molecule has 4 nitrogen and oxygen atoms in total. The second kappa shape index (κ2) is 6.27. The molecule has 0 aromatic carbocycles. The van der Waals surface area contributed by atoms with E-state index >= 15 is 0 Å². The minimum atomic E-state index is -0.0110. The first-order chi connectivity index (χ1) is 6.74. The fraction of sp³-hybridized carbons (Fsp3) is 0.889. The van der Waals surface area contributed by atoms with Crippen LogP contribution in [0.5, 0.6) is 0 Å². The maximum absolute atomic E-state index is 11.2. The van der Waals surface area contributed by atoms with Crippen LogP contribution < -0.4 is 5.32 Å². The van der Waals surface area contributed by atoms with Crippen LogP contribution in [0.4, 0.5) is 0 Å². The maximum atomic E-state index is 11.2. The van der Waals surface area contributed by atoms with Gasteiger partial charge in [0.2, 0.25) is 5.91 Å². The number of amides is 1. The average molecular weight is 219 g/mol. The Morgan fingerprint density at radius 1 is 1.71 bits per heavy atom. The molecule has 1 amide bonds. The Bertz CT molecular complexity index is 189. The van der Waals surface area contributed by atoms with E-state index in [0.29, 0.717) is 17.5 Å². The van der Waals surface area contributed by atoms with Gasteiger partial charge in [-0.3, -0.25) is 4.79 Å². The Morgan fingerprint density at radius 2 is 2.50 bits per heavy atom. The highest BCUT2D eigenvalue weighted by Crippen LogP contribution is 2.25. The molecule has 1 aliphatic rings. The third-order valence-electron chi connectivity index (χ3n) is 2.17. The van der Waals surface area contributed by atoms with E-state index in [9.17, 15) is 4.79 Å². The van der Waals surface area contributed by atoms with E-state index in [0.717, 1.165) is 13.0 Å². The van der Waals surface area contributed by atoms with Gasteiger partial charge in [-0.1, -0.05) is 0 Å². The lowest BCUT2D eigenvalue weighted by Gasteiger charge is -2.12. The fourth-order valence-corrected chi connectivity index (χ4v) is 2.44. The molecule has 0 aliphatic carbocycles. The van der Waals surface area contributed by atoms with Crippen LogP contribution in [-0.2, 0) is 9.53 Å². The predicted octanol–water partition coefficient (Wildman–Crippen LogP) is 0.00550. The number of aliphatic hydroxyl groups excluding tert-OH is 1. The van der Waals surface area contributed by atoms with E-state index < -0.39 is 0 Å². The minimum Gasteiger partial charge on any atom is -0.395 e. The van der Waals surface area contributed by atoms with Crippen molar-refractivity contribution in [2.45, 2.75) is 24.7 Å². The molecule has 2 atom stereocenters. The van der Waals surface area contributed by atoms with Gasteiger partial charge < -0.3 is 15.2 Å². The topological polar surface area (TPSA) is 58.6 Å². The summed E-state index contributed by atoms with van der Waals surface area (Å²) in [5, 5.41) is 11.6. The van der Waals surface area contributed by atoms with Crippen molar-refractivity contribution < 1.29 is 14.6 Å². The predicted molar refractivity (Wildman–Crippen MR) is 56.4 cm³/mol. The third kappa shape index (κ3) is 3.86. The summed E-state index contributed by atoms with van der Waals surface area (Å²) in [6, 6.07) is 0. The summed E-state index contributed by atoms with van der Waals surface area (Å²) < 4.78 is 5.39. The molecule has 82 valence electrons. The van der Waals surface area contributed by atoms with E-state index in [1.807, 2.05) is 6.92 Å².